The van der Waals surface area contributed by atoms with E-state index in [9.17, 15) is 9.59 Å². The van der Waals surface area contributed by atoms with Crippen LogP contribution in [0.25, 0.3) is 16.6 Å². The molecule has 6 heteroatoms. The predicted octanol–water partition coefficient (Wildman–Crippen LogP) is 5.10. The summed E-state index contributed by atoms with van der Waals surface area (Å²) in [5.41, 5.74) is 1.09. The van der Waals surface area contributed by atoms with Crippen LogP contribution in [-0.4, -0.2) is 27.4 Å². The molecule has 0 aliphatic rings. The van der Waals surface area contributed by atoms with Crippen LogP contribution in [0.15, 0.2) is 57.8 Å². The summed E-state index contributed by atoms with van der Waals surface area (Å²) in [4.78, 5) is 32.7. The van der Waals surface area contributed by atoms with E-state index in [0.29, 0.717) is 23.1 Å². The lowest BCUT2D eigenvalue weighted by Gasteiger charge is -2.29. The van der Waals surface area contributed by atoms with E-state index in [0.717, 1.165) is 10.2 Å². The molecular weight excluding hydrogens is 430 g/mol. The molecule has 1 amide bonds. The average Bonchev–Trinajstić information content (AvgIpc) is 2.66. The Balaban J connectivity index is 2.17. The number of hydrogen-bond acceptors (Lipinski definition) is 3. The molecule has 2 aromatic carbocycles. The first-order chi connectivity index (χ1) is 13.6. The molecule has 0 fully saturated rings. The minimum absolute atomic E-state index is 0.0229. The van der Waals surface area contributed by atoms with Crippen molar-refractivity contribution < 1.29 is 4.79 Å². The van der Waals surface area contributed by atoms with Crippen LogP contribution in [0, 0.1) is 5.41 Å². The molecule has 0 bridgehead atoms. The topological polar surface area (TPSA) is 55.2 Å². The van der Waals surface area contributed by atoms with E-state index in [4.69, 9.17) is 4.98 Å². The third kappa shape index (κ3) is 4.58. The van der Waals surface area contributed by atoms with Gasteiger partial charge in [0.1, 0.15) is 5.82 Å². The Labute approximate surface area is 179 Å². The van der Waals surface area contributed by atoms with Crippen LogP contribution < -0.4 is 5.56 Å². The van der Waals surface area contributed by atoms with E-state index in [1.165, 1.54) is 0 Å². The van der Waals surface area contributed by atoms with Crippen molar-refractivity contribution in [2.75, 3.05) is 7.05 Å². The Bertz CT molecular complexity index is 1100. The van der Waals surface area contributed by atoms with Gasteiger partial charge >= 0.3 is 0 Å². The zero-order valence-electron chi connectivity index (χ0n) is 17.4. The van der Waals surface area contributed by atoms with Crippen molar-refractivity contribution in [2.45, 2.75) is 40.2 Å². The quantitative estimate of drug-likeness (QED) is 0.549. The number of carbonyl (C=O) groups excluding carboxylic acids is 1. The Morgan fingerprint density at radius 3 is 2.38 bits per heavy atom. The maximum absolute atomic E-state index is 13.4. The fourth-order valence-electron chi connectivity index (χ4n) is 3.24. The van der Waals surface area contributed by atoms with Crippen LogP contribution in [0.1, 0.15) is 46.0 Å². The van der Waals surface area contributed by atoms with E-state index >= 15 is 0 Å². The number of halogens is 1. The van der Waals surface area contributed by atoms with Gasteiger partial charge in [0.2, 0.25) is 5.91 Å². The molecule has 1 atom stereocenters. The molecule has 0 spiro atoms. The molecular formula is C23H26BrN3O2. The summed E-state index contributed by atoms with van der Waals surface area (Å²) in [7, 11) is 1.77. The maximum atomic E-state index is 13.4. The highest BCUT2D eigenvalue weighted by atomic mass is 79.9. The Hall–Kier alpha value is -2.47. The first kappa shape index (κ1) is 21.2. The second-order valence-corrected chi connectivity index (χ2v) is 9.44. The van der Waals surface area contributed by atoms with Crippen molar-refractivity contribution in [3.63, 3.8) is 0 Å². The molecule has 1 aromatic heterocycles. The van der Waals surface area contributed by atoms with E-state index in [1.54, 1.807) is 22.6 Å². The van der Waals surface area contributed by atoms with Crippen molar-refractivity contribution in [2.24, 2.45) is 5.41 Å². The Kier molecular flexibility index (Phi) is 5.94. The molecule has 0 aliphatic heterocycles. The van der Waals surface area contributed by atoms with Gasteiger partial charge in [-0.3, -0.25) is 14.2 Å². The van der Waals surface area contributed by atoms with Gasteiger partial charge in [0, 0.05) is 17.9 Å². The third-order valence-corrected chi connectivity index (χ3v) is 5.44. The molecule has 1 unspecified atom stereocenters. The number of aromatic nitrogens is 2. The largest absolute Gasteiger partial charge is 0.336 e. The lowest BCUT2D eigenvalue weighted by Crippen LogP contribution is -2.36. The number of nitrogens with zero attached hydrogens (tertiary/aromatic N) is 3. The minimum atomic E-state index is -0.370. The van der Waals surface area contributed by atoms with Gasteiger partial charge in [0.25, 0.3) is 5.56 Å². The number of amides is 1. The molecule has 3 rings (SSSR count). The maximum Gasteiger partial charge on any atom is 0.266 e. The van der Waals surface area contributed by atoms with Crippen LogP contribution in [0.5, 0.6) is 0 Å². The van der Waals surface area contributed by atoms with E-state index in [-0.39, 0.29) is 22.9 Å². The van der Waals surface area contributed by atoms with Crippen LogP contribution in [0.4, 0.5) is 0 Å². The molecule has 0 saturated carbocycles. The van der Waals surface area contributed by atoms with Gasteiger partial charge in [0.05, 0.1) is 22.6 Å². The predicted molar refractivity (Wildman–Crippen MR) is 120 cm³/mol. The van der Waals surface area contributed by atoms with E-state index in [2.05, 4.69) is 15.9 Å². The second kappa shape index (κ2) is 8.11. The van der Waals surface area contributed by atoms with Gasteiger partial charge in [0.15, 0.2) is 0 Å². The Morgan fingerprint density at radius 1 is 1.14 bits per heavy atom. The van der Waals surface area contributed by atoms with Crippen LogP contribution in [0.2, 0.25) is 0 Å². The monoisotopic (exact) mass is 455 g/mol. The van der Waals surface area contributed by atoms with Crippen molar-refractivity contribution in [3.8, 4) is 5.69 Å². The highest BCUT2D eigenvalue weighted by Gasteiger charge is 2.26. The average molecular weight is 456 g/mol. The molecule has 0 radical (unpaired) electrons. The normalized spacial score (nSPS) is 12.8. The lowest BCUT2D eigenvalue weighted by molar-refractivity contribution is -0.133. The van der Waals surface area contributed by atoms with Crippen molar-refractivity contribution >= 4 is 32.7 Å². The summed E-state index contributed by atoms with van der Waals surface area (Å²) in [5, 5.41) is 0.551. The number of fused-ring (bicyclic) bond motifs is 1. The highest BCUT2D eigenvalue weighted by Crippen LogP contribution is 2.26. The van der Waals surface area contributed by atoms with E-state index < -0.39 is 0 Å². The van der Waals surface area contributed by atoms with Crippen molar-refractivity contribution in [1.29, 1.82) is 0 Å². The molecule has 5 nitrogen and oxygen atoms in total. The summed E-state index contributed by atoms with van der Waals surface area (Å²) < 4.78 is 2.54. The van der Waals surface area contributed by atoms with Gasteiger partial charge in [-0.25, -0.2) is 4.98 Å². The van der Waals surface area contributed by atoms with Crippen molar-refractivity contribution in [1.82, 2.24) is 14.5 Å². The smallest absolute Gasteiger partial charge is 0.266 e. The summed E-state index contributed by atoms with van der Waals surface area (Å²) in [6.07, 6.45) is 0.421. The first-order valence-corrected chi connectivity index (χ1v) is 10.4. The fourth-order valence-corrected chi connectivity index (χ4v) is 3.50. The van der Waals surface area contributed by atoms with Crippen LogP contribution in [0.3, 0.4) is 0 Å². The Morgan fingerprint density at radius 2 is 1.76 bits per heavy atom. The number of carbonyl (C=O) groups is 1. The second-order valence-electron chi connectivity index (χ2n) is 8.52. The van der Waals surface area contributed by atoms with Crippen molar-refractivity contribution in [3.05, 3.63) is 69.2 Å². The molecule has 3 aromatic rings. The SMILES string of the molecule is CC(c1nc2ccccc2c(=O)n1-c1ccc(Br)cc1)N(C)C(=O)CC(C)(C)C. The summed E-state index contributed by atoms with van der Waals surface area (Å²) in [6, 6.07) is 14.5. The third-order valence-electron chi connectivity index (χ3n) is 4.92. The molecule has 29 heavy (non-hydrogen) atoms. The molecule has 152 valence electrons. The van der Waals surface area contributed by atoms with Gasteiger partial charge < -0.3 is 4.90 Å². The highest BCUT2D eigenvalue weighted by molar-refractivity contribution is 9.10. The first-order valence-electron chi connectivity index (χ1n) is 9.62. The van der Waals surface area contributed by atoms with Crippen LogP contribution >= 0.6 is 15.9 Å². The molecule has 0 N–H and O–H groups in total. The zero-order valence-corrected chi connectivity index (χ0v) is 19.0. The van der Waals surface area contributed by atoms with Gasteiger partial charge in [-0.05, 0) is 48.7 Å². The number of para-hydroxylation sites is 1. The standard InChI is InChI=1S/C23H26BrN3O2/c1-15(26(5)20(28)14-23(2,3)4)21-25-19-9-7-6-8-18(19)22(29)27(21)17-12-10-16(24)11-13-17/h6-13,15H,14H2,1-5H3. The molecule has 0 aliphatic carbocycles. The molecule has 1 heterocycles. The summed E-state index contributed by atoms with van der Waals surface area (Å²) in [6.45, 7) is 8.02. The minimum Gasteiger partial charge on any atom is -0.336 e. The van der Waals surface area contributed by atoms with Crippen LogP contribution in [-0.2, 0) is 4.79 Å². The lowest BCUT2D eigenvalue weighted by atomic mass is 9.91. The van der Waals surface area contributed by atoms with Gasteiger partial charge in [-0.2, -0.15) is 0 Å². The van der Waals surface area contributed by atoms with Gasteiger partial charge in [-0.1, -0.05) is 48.8 Å². The summed E-state index contributed by atoms with van der Waals surface area (Å²) in [5.74, 6) is 0.565. The number of benzene rings is 2. The summed E-state index contributed by atoms with van der Waals surface area (Å²) >= 11 is 3.44. The number of rotatable bonds is 4. The molecule has 0 saturated heterocycles. The van der Waals surface area contributed by atoms with E-state index in [1.807, 2.05) is 70.2 Å². The number of hydrogen-bond donors (Lipinski definition) is 0. The zero-order chi connectivity index (χ0) is 21.3. The fraction of sp³-hybridized carbons (Fsp3) is 0.348. The van der Waals surface area contributed by atoms with Gasteiger partial charge in [-0.15, -0.1) is 0 Å².